The Kier molecular flexibility index (Phi) is 10.1. The van der Waals surface area contributed by atoms with Crippen molar-refractivity contribution in [1.82, 2.24) is 15.7 Å². The number of hydroxylamine groups is 1. The number of hydrogen-bond acceptors (Lipinski definition) is 6. The Morgan fingerprint density at radius 1 is 1.48 bits per heavy atom. The molecule has 21 heavy (non-hydrogen) atoms. The zero-order chi connectivity index (χ0) is 16.4. The summed E-state index contributed by atoms with van der Waals surface area (Å²) in [5.41, 5.74) is 2.03. The highest BCUT2D eigenvalue weighted by Gasteiger charge is 2.09. The van der Waals surface area contributed by atoms with Crippen LogP contribution >= 0.6 is 11.6 Å². The van der Waals surface area contributed by atoms with Gasteiger partial charge < -0.3 is 20.0 Å². The van der Waals surface area contributed by atoms with Crippen molar-refractivity contribution in [2.75, 3.05) is 34.2 Å². The van der Waals surface area contributed by atoms with E-state index in [0.29, 0.717) is 13.1 Å². The molecule has 120 valence electrons. The maximum Gasteiger partial charge on any atom is 0.251 e. The van der Waals surface area contributed by atoms with Gasteiger partial charge in [0.05, 0.1) is 5.02 Å². The van der Waals surface area contributed by atoms with Gasteiger partial charge in [-0.05, 0) is 43.4 Å². The van der Waals surface area contributed by atoms with Crippen LogP contribution in [0.5, 0.6) is 0 Å². The molecule has 1 unspecified atom stereocenters. The van der Waals surface area contributed by atoms with Gasteiger partial charge in [-0.15, -0.1) is 0 Å². The van der Waals surface area contributed by atoms with Gasteiger partial charge in [0, 0.05) is 30.6 Å². The Bertz CT molecular complexity index is 486. The molecule has 1 atom stereocenters. The molecule has 0 aromatic heterocycles. The number of carbonyl (C=O) groups is 1. The van der Waals surface area contributed by atoms with Crippen LogP contribution in [0.15, 0.2) is 23.1 Å². The van der Waals surface area contributed by atoms with Crippen LogP contribution < -0.4 is 10.8 Å². The minimum absolute atomic E-state index is 0.0723. The van der Waals surface area contributed by atoms with Gasteiger partial charge in [0.15, 0.2) is 0 Å². The average Bonchev–Trinajstić information content (AvgIpc) is 2.39. The quantitative estimate of drug-likeness (QED) is 0.533. The largest absolute Gasteiger partial charge is 0.768 e. The van der Waals surface area contributed by atoms with Crippen molar-refractivity contribution in [3.05, 3.63) is 28.8 Å². The number of likely N-dealkylation sites (N-methyl/N-ethyl adjacent to an activating group) is 1. The third-order valence-electron chi connectivity index (χ3n) is 2.22. The van der Waals surface area contributed by atoms with Gasteiger partial charge >= 0.3 is 0 Å². The fourth-order valence-corrected chi connectivity index (χ4v) is 2.02. The first-order valence-corrected chi connectivity index (χ1v) is 7.41. The Hall–Kier alpha value is -1.03. The third-order valence-corrected chi connectivity index (χ3v) is 3.36. The van der Waals surface area contributed by atoms with E-state index in [0.717, 1.165) is 0 Å². The molecule has 0 aliphatic heterocycles. The molecule has 0 fully saturated rings. The summed E-state index contributed by atoms with van der Waals surface area (Å²) in [4.78, 5) is 13.6. The third kappa shape index (κ3) is 8.10. The van der Waals surface area contributed by atoms with Gasteiger partial charge in [-0.25, -0.2) is 5.48 Å². The first-order valence-electron chi connectivity index (χ1n) is 5.96. The monoisotopic (exact) mass is 336 g/mol. The topological polar surface area (TPSA) is 105 Å². The lowest BCUT2D eigenvalue weighted by Crippen LogP contribution is -2.31. The van der Waals surface area contributed by atoms with Crippen LogP contribution in [0.25, 0.3) is 0 Å². The molecule has 0 radical (unpaired) electrons. The van der Waals surface area contributed by atoms with E-state index in [4.69, 9.17) is 16.8 Å². The molecule has 0 saturated heterocycles. The van der Waals surface area contributed by atoms with Gasteiger partial charge in [0.25, 0.3) is 5.91 Å². The summed E-state index contributed by atoms with van der Waals surface area (Å²) in [6.07, 6.45) is 0. The molecule has 0 spiro atoms. The second-order valence-corrected chi connectivity index (χ2v) is 5.48. The summed E-state index contributed by atoms with van der Waals surface area (Å²) >= 11 is 3.26. The summed E-state index contributed by atoms with van der Waals surface area (Å²) in [6.45, 7) is 1.20. The van der Waals surface area contributed by atoms with E-state index in [9.17, 15) is 13.6 Å². The van der Waals surface area contributed by atoms with Crippen molar-refractivity contribution < 1.29 is 18.8 Å². The Balaban J connectivity index is 0.00000122. The van der Waals surface area contributed by atoms with E-state index in [-0.39, 0.29) is 21.4 Å². The van der Waals surface area contributed by atoms with Gasteiger partial charge in [-0.2, -0.15) is 0 Å². The summed E-state index contributed by atoms with van der Waals surface area (Å²) in [5.74, 6) is -0.319. The van der Waals surface area contributed by atoms with Crippen LogP contribution in [-0.4, -0.2) is 59.0 Å². The normalized spacial score (nSPS) is 11.6. The summed E-state index contributed by atoms with van der Waals surface area (Å²) in [6, 6.07) is 4.15. The molecule has 0 heterocycles. The number of carbonyl (C=O) groups excluding carboxylic acids is 1. The van der Waals surface area contributed by atoms with E-state index in [1.54, 1.807) is 5.48 Å². The van der Waals surface area contributed by atoms with E-state index < -0.39 is 11.1 Å². The predicted molar refractivity (Wildman–Crippen MR) is 80.4 cm³/mol. The lowest BCUT2D eigenvalue weighted by molar-refractivity contribution is 0.0951. The number of hydrogen-bond donors (Lipinski definition) is 3. The van der Waals surface area contributed by atoms with Crippen LogP contribution in [0.4, 0.5) is 0 Å². The van der Waals surface area contributed by atoms with E-state index >= 15 is 0 Å². The zero-order valence-electron chi connectivity index (χ0n) is 12.1. The molecule has 1 aromatic carbocycles. The van der Waals surface area contributed by atoms with Crippen molar-refractivity contribution in [2.24, 2.45) is 0 Å². The highest BCUT2D eigenvalue weighted by Crippen LogP contribution is 2.20. The molecule has 7 nitrogen and oxygen atoms in total. The average molecular weight is 337 g/mol. The lowest BCUT2D eigenvalue weighted by Gasteiger charge is -2.12. The molecule has 1 rings (SSSR count). The number of benzene rings is 1. The van der Waals surface area contributed by atoms with Crippen molar-refractivity contribution in [3.63, 3.8) is 0 Å². The van der Waals surface area contributed by atoms with Gasteiger partial charge in [0.1, 0.15) is 0 Å². The first kappa shape index (κ1) is 20.0. The first-order chi connectivity index (χ1) is 9.83. The number of nitrogens with one attached hydrogen (secondary N) is 2. The highest BCUT2D eigenvalue weighted by atomic mass is 35.5. The van der Waals surface area contributed by atoms with Crippen LogP contribution in [0.2, 0.25) is 5.02 Å². The lowest BCUT2D eigenvalue weighted by atomic mass is 10.2. The molecular weight excluding hydrogens is 318 g/mol. The standard InChI is InChI=1S/C11H15ClN2O3S.CH5NO/c1-14(2)6-5-13-11(15)8-3-4-9(12)10(7-8)18(16)17;1-2-3/h3-4,7H,5-6H2,1-2H3,(H,13,15)(H,16,17);2-3H,1H3/p-1. The van der Waals surface area contributed by atoms with Crippen LogP contribution in [0, 0.1) is 0 Å². The summed E-state index contributed by atoms with van der Waals surface area (Å²) in [5, 5.41) is 10.1. The number of nitrogens with zero attached hydrogens (tertiary/aromatic N) is 1. The Morgan fingerprint density at radius 3 is 2.52 bits per heavy atom. The van der Waals surface area contributed by atoms with Gasteiger partial charge in [-0.3, -0.25) is 9.00 Å². The molecule has 1 amide bonds. The fraction of sp³-hybridized carbons (Fsp3) is 0.417. The minimum atomic E-state index is -2.45. The predicted octanol–water partition coefficient (Wildman–Crippen LogP) is 0.464. The second kappa shape index (κ2) is 10.7. The molecule has 0 aliphatic rings. The molecular formula is C12H19ClN3O4S-. The van der Waals surface area contributed by atoms with Crippen LogP contribution in [0.1, 0.15) is 10.4 Å². The van der Waals surface area contributed by atoms with E-state index in [1.807, 2.05) is 19.0 Å². The van der Waals surface area contributed by atoms with Crippen molar-refractivity contribution in [3.8, 4) is 0 Å². The molecule has 3 N–H and O–H groups in total. The number of amides is 1. The summed E-state index contributed by atoms with van der Waals surface area (Å²) < 4.78 is 21.8. The van der Waals surface area contributed by atoms with Crippen molar-refractivity contribution in [1.29, 1.82) is 0 Å². The molecule has 1 aromatic rings. The molecule has 0 aliphatic carbocycles. The highest BCUT2D eigenvalue weighted by molar-refractivity contribution is 7.79. The smallest absolute Gasteiger partial charge is 0.251 e. The summed E-state index contributed by atoms with van der Waals surface area (Å²) in [7, 11) is 5.22. The van der Waals surface area contributed by atoms with Crippen molar-refractivity contribution >= 4 is 28.6 Å². The van der Waals surface area contributed by atoms with Crippen LogP contribution in [-0.2, 0) is 11.1 Å². The van der Waals surface area contributed by atoms with E-state index in [1.165, 1.54) is 25.2 Å². The Labute approximate surface area is 131 Å². The van der Waals surface area contributed by atoms with Gasteiger partial charge in [-0.1, -0.05) is 11.6 Å². The van der Waals surface area contributed by atoms with Gasteiger partial charge in [0.2, 0.25) is 0 Å². The maximum atomic E-state index is 11.7. The molecule has 0 bridgehead atoms. The molecule has 0 saturated carbocycles. The molecule has 9 heteroatoms. The number of halogens is 1. The van der Waals surface area contributed by atoms with Crippen molar-refractivity contribution in [2.45, 2.75) is 4.90 Å². The van der Waals surface area contributed by atoms with E-state index in [2.05, 4.69) is 5.32 Å². The fourth-order valence-electron chi connectivity index (χ4n) is 1.27. The Morgan fingerprint density at radius 2 is 2.05 bits per heavy atom. The minimum Gasteiger partial charge on any atom is -0.768 e. The SMILES string of the molecule is CN(C)CCNC(=O)c1ccc(Cl)c(S(=O)[O-])c1.CNO. The maximum absolute atomic E-state index is 11.7. The second-order valence-electron chi connectivity index (χ2n) is 4.16. The zero-order valence-corrected chi connectivity index (χ0v) is 13.6. The van der Waals surface area contributed by atoms with Crippen LogP contribution in [0.3, 0.4) is 0 Å². The number of rotatable bonds is 5.